The highest BCUT2D eigenvalue weighted by atomic mass is 16.6. The fourth-order valence-electron chi connectivity index (χ4n) is 4.94. The standard InChI is InChI=1S/C32H33N3O5/c1-5-38-30(36)17-23-10-9-13-27(16-23)39-29-15-14-25(28-19-33-22(3)34(28)4)18-26(29)20-35-21(2)31(40-32(35)37)24-11-7-6-8-12-24/h6-16,18-19,21,31H,5,17,20H2,1-4H3/t21-,31-/m0/s1. The van der Waals surface area contributed by atoms with Crippen LogP contribution < -0.4 is 4.74 Å². The van der Waals surface area contributed by atoms with E-state index in [9.17, 15) is 9.59 Å². The summed E-state index contributed by atoms with van der Waals surface area (Å²) in [6.45, 7) is 6.37. The van der Waals surface area contributed by atoms with Crippen LogP contribution in [0.15, 0.2) is 79.0 Å². The summed E-state index contributed by atoms with van der Waals surface area (Å²) in [5.74, 6) is 1.81. The van der Waals surface area contributed by atoms with E-state index in [-0.39, 0.29) is 30.6 Å². The number of rotatable bonds is 9. The number of hydrogen-bond donors (Lipinski definition) is 0. The van der Waals surface area contributed by atoms with E-state index < -0.39 is 0 Å². The summed E-state index contributed by atoms with van der Waals surface area (Å²) < 4.78 is 19.3. The van der Waals surface area contributed by atoms with Gasteiger partial charge in [-0.15, -0.1) is 0 Å². The van der Waals surface area contributed by atoms with Gasteiger partial charge >= 0.3 is 12.1 Å². The Bertz CT molecular complexity index is 1510. The quantitative estimate of drug-likeness (QED) is 0.230. The second-order valence-corrected chi connectivity index (χ2v) is 9.89. The molecule has 5 rings (SSSR count). The van der Waals surface area contributed by atoms with Crippen molar-refractivity contribution in [3.8, 4) is 22.8 Å². The molecule has 3 aromatic carbocycles. The van der Waals surface area contributed by atoms with Crippen molar-refractivity contribution < 1.29 is 23.8 Å². The van der Waals surface area contributed by atoms with Gasteiger partial charge in [0.1, 0.15) is 23.4 Å². The van der Waals surface area contributed by atoms with Crippen molar-refractivity contribution >= 4 is 12.1 Å². The summed E-state index contributed by atoms with van der Waals surface area (Å²) in [6.07, 6.45) is 1.27. The predicted molar refractivity (Wildman–Crippen MR) is 151 cm³/mol. The van der Waals surface area contributed by atoms with Crippen LogP contribution in [0, 0.1) is 6.92 Å². The minimum Gasteiger partial charge on any atom is -0.466 e. The molecule has 206 valence electrons. The highest BCUT2D eigenvalue weighted by Gasteiger charge is 2.40. The Kier molecular flexibility index (Phi) is 7.86. The number of aromatic nitrogens is 2. The number of carbonyl (C=O) groups excluding carboxylic acids is 2. The first-order valence-corrected chi connectivity index (χ1v) is 13.4. The Balaban J connectivity index is 1.46. The molecule has 1 fully saturated rings. The third-order valence-electron chi connectivity index (χ3n) is 7.22. The van der Waals surface area contributed by atoms with Crippen molar-refractivity contribution in [2.75, 3.05) is 6.61 Å². The van der Waals surface area contributed by atoms with Crippen LogP contribution >= 0.6 is 0 Å². The van der Waals surface area contributed by atoms with E-state index in [4.69, 9.17) is 14.2 Å². The lowest BCUT2D eigenvalue weighted by Crippen LogP contribution is -2.31. The number of ether oxygens (including phenoxy) is 3. The zero-order valence-corrected chi connectivity index (χ0v) is 23.2. The van der Waals surface area contributed by atoms with E-state index in [0.717, 1.165) is 33.8 Å². The number of carbonyl (C=O) groups is 2. The van der Waals surface area contributed by atoms with E-state index in [1.165, 1.54) is 0 Å². The van der Waals surface area contributed by atoms with E-state index in [2.05, 4.69) is 4.98 Å². The van der Waals surface area contributed by atoms with Gasteiger partial charge in [0.15, 0.2) is 0 Å². The van der Waals surface area contributed by atoms with Gasteiger partial charge in [-0.05, 0) is 62.2 Å². The summed E-state index contributed by atoms with van der Waals surface area (Å²) >= 11 is 0. The molecule has 8 heteroatoms. The zero-order valence-electron chi connectivity index (χ0n) is 23.2. The SMILES string of the molecule is CCOC(=O)Cc1cccc(Oc2ccc(-c3cnc(C)n3C)cc2CN2C(=O)O[C@H](c3ccccc3)[C@@H]2C)c1. The van der Waals surface area contributed by atoms with Crippen LogP contribution in [0.3, 0.4) is 0 Å². The molecule has 2 heterocycles. The van der Waals surface area contributed by atoms with Crippen molar-refractivity contribution in [2.24, 2.45) is 7.05 Å². The number of imidazole rings is 1. The van der Waals surface area contributed by atoms with Crippen molar-refractivity contribution in [1.29, 1.82) is 0 Å². The Morgan fingerprint density at radius 2 is 1.85 bits per heavy atom. The zero-order chi connectivity index (χ0) is 28.2. The summed E-state index contributed by atoms with van der Waals surface area (Å²) in [5.41, 5.74) is 4.49. The van der Waals surface area contributed by atoms with Gasteiger partial charge < -0.3 is 18.8 Å². The number of benzene rings is 3. The molecule has 1 aromatic heterocycles. The van der Waals surface area contributed by atoms with E-state index in [0.29, 0.717) is 24.7 Å². The molecule has 2 atom stereocenters. The predicted octanol–water partition coefficient (Wildman–Crippen LogP) is 6.38. The lowest BCUT2D eigenvalue weighted by molar-refractivity contribution is -0.142. The molecule has 0 bridgehead atoms. The van der Waals surface area contributed by atoms with Crippen molar-refractivity contribution in [2.45, 2.75) is 45.9 Å². The van der Waals surface area contributed by atoms with Gasteiger partial charge in [0.25, 0.3) is 0 Å². The van der Waals surface area contributed by atoms with E-state index >= 15 is 0 Å². The Labute approximate surface area is 234 Å². The van der Waals surface area contributed by atoms with Crippen molar-refractivity contribution in [1.82, 2.24) is 14.5 Å². The van der Waals surface area contributed by atoms with Crippen LogP contribution in [0.4, 0.5) is 4.79 Å². The second kappa shape index (κ2) is 11.7. The minimum absolute atomic E-state index is 0.161. The number of aryl methyl sites for hydroxylation is 1. The van der Waals surface area contributed by atoms with Gasteiger partial charge in [-0.25, -0.2) is 9.78 Å². The minimum atomic E-state index is -0.370. The average molecular weight is 540 g/mol. The van der Waals surface area contributed by atoms with Crippen molar-refractivity contribution in [3.05, 3.63) is 102 Å². The monoisotopic (exact) mass is 539 g/mol. The lowest BCUT2D eigenvalue weighted by Gasteiger charge is -2.23. The third-order valence-corrected chi connectivity index (χ3v) is 7.22. The molecule has 0 saturated carbocycles. The molecule has 4 aromatic rings. The molecule has 0 aliphatic carbocycles. The molecular formula is C32H33N3O5. The average Bonchev–Trinajstić information content (AvgIpc) is 3.43. The number of cyclic esters (lactones) is 1. The second-order valence-electron chi connectivity index (χ2n) is 9.89. The van der Waals surface area contributed by atoms with E-state index in [1.807, 2.05) is 104 Å². The Morgan fingerprint density at radius 1 is 1.05 bits per heavy atom. The van der Waals surface area contributed by atoms with Crippen LogP contribution in [0.2, 0.25) is 0 Å². The van der Waals surface area contributed by atoms with E-state index in [1.54, 1.807) is 11.8 Å². The number of amides is 1. The summed E-state index contributed by atoms with van der Waals surface area (Å²) in [5, 5.41) is 0. The first kappa shape index (κ1) is 27.0. The molecule has 0 N–H and O–H groups in total. The molecule has 0 unspecified atom stereocenters. The maximum absolute atomic E-state index is 13.1. The Hall–Kier alpha value is -4.59. The molecule has 40 heavy (non-hydrogen) atoms. The van der Waals surface area contributed by atoms with Crippen LogP contribution in [0.25, 0.3) is 11.3 Å². The third kappa shape index (κ3) is 5.71. The molecule has 1 amide bonds. The summed E-state index contributed by atoms with van der Waals surface area (Å²) in [4.78, 5) is 31.2. The molecular weight excluding hydrogens is 506 g/mol. The van der Waals surface area contributed by atoms with Gasteiger partial charge in [-0.2, -0.15) is 0 Å². The van der Waals surface area contributed by atoms with Gasteiger partial charge in [0, 0.05) is 18.2 Å². The molecule has 1 saturated heterocycles. The summed E-state index contributed by atoms with van der Waals surface area (Å²) in [7, 11) is 1.97. The van der Waals surface area contributed by atoms with Crippen LogP contribution in [-0.2, 0) is 34.3 Å². The van der Waals surface area contributed by atoms with Crippen LogP contribution in [0.1, 0.15) is 42.5 Å². The maximum Gasteiger partial charge on any atom is 0.411 e. The largest absolute Gasteiger partial charge is 0.466 e. The molecule has 1 aliphatic rings. The first-order valence-electron chi connectivity index (χ1n) is 13.4. The molecule has 0 spiro atoms. The van der Waals surface area contributed by atoms with Crippen LogP contribution in [-0.4, -0.2) is 39.2 Å². The summed E-state index contributed by atoms with van der Waals surface area (Å²) in [6, 6.07) is 22.9. The van der Waals surface area contributed by atoms with Gasteiger partial charge in [-0.1, -0.05) is 42.5 Å². The van der Waals surface area contributed by atoms with Gasteiger partial charge in [0.2, 0.25) is 0 Å². The normalized spacial score (nSPS) is 16.6. The van der Waals surface area contributed by atoms with Gasteiger partial charge in [-0.3, -0.25) is 9.69 Å². The maximum atomic E-state index is 13.1. The fraction of sp³-hybridized carbons (Fsp3) is 0.281. The highest BCUT2D eigenvalue weighted by molar-refractivity contribution is 5.73. The first-order chi connectivity index (χ1) is 19.3. The molecule has 1 aliphatic heterocycles. The molecule has 8 nitrogen and oxygen atoms in total. The number of nitrogens with zero attached hydrogens (tertiary/aromatic N) is 3. The topological polar surface area (TPSA) is 82.9 Å². The van der Waals surface area contributed by atoms with Gasteiger partial charge in [0.05, 0.1) is 37.5 Å². The number of esters is 1. The smallest absolute Gasteiger partial charge is 0.411 e. The number of hydrogen-bond acceptors (Lipinski definition) is 6. The highest BCUT2D eigenvalue weighted by Crippen LogP contribution is 2.37. The lowest BCUT2D eigenvalue weighted by atomic mass is 10.0. The Morgan fingerprint density at radius 3 is 2.58 bits per heavy atom. The fourth-order valence-corrected chi connectivity index (χ4v) is 4.94. The van der Waals surface area contributed by atoms with Crippen LogP contribution in [0.5, 0.6) is 11.5 Å². The molecule has 0 radical (unpaired) electrons. The van der Waals surface area contributed by atoms with Crippen molar-refractivity contribution in [3.63, 3.8) is 0 Å².